The number of aryl methyl sites for hydroxylation is 2. The smallest absolute Gasteiger partial charge is 0.296 e. The highest BCUT2D eigenvalue weighted by Crippen LogP contribution is 2.41. The van der Waals surface area contributed by atoms with Crippen molar-refractivity contribution in [2.24, 2.45) is 0 Å². The number of hydrogen-bond donors (Lipinski definition) is 1. The molecule has 1 fully saturated rings. The van der Waals surface area contributed by atoms with Crippen molar-refractivity contribution in [2.75, 3.05) is 6.61 Å². The Morgan fingerprint density at radius 2 is 2.00 bits per heavy atom. The Labute approximate surface area is 186 Å². The number of aliphatic hydroxyl groups excluding tert-OH is 1. The van der Waals surface area contributed by atoms with Gasteiger partial charge in [-0.1, -0.05) is 6.07 Å². The molecule has 2 aromatic heterocycles. The molecule has 0 aliphatic carbocycles. The minimum atomic E-state index is -0.851. The monoisotopic (exact) mass is 432 g/mol. The average Bonchev–Trinajstić information content (AvgIpc) is 3.32. The quantitative estimate of drug-likeness (QED) is 0.354. The molecule has 7 nitrogen and oxygen atoms in total. The summed E-state index contributed by atoms with van der Waals surface area (Å²) in [5, 5.41) is 11.2. The van der Waals surface area contributed by atoms with Crippen LogP contribution in [0.4, 0.5) is 0 Å². The number of hydrogen-bond acceptors (Lipinski definition) is 6. The topological polar surface area (TPSA) is 92.9 Å². The third kappa shape index (κ3) is 3.89. The van der Waals surface area contributed by atoms with Crippen molar-refractivity contribution in [3.8, 4) is 5.75 Å². The van der Waals surface area contributed by atoms with Crippen LogP contribution in [0.15, 0.2) is 64.8 Å². The summed E-state index contributed by atoms with van der Waals surface area (Å²) in [4.78, 5) is 31.6. The van der Waals surface area contributed by atoms with Crippen LogP contribution in [0.25, 0.3) is 5.76 Å². The molecule has 1 atom stereocenters. The van der Waals surface area contributed by atoms with Crippen LogP contribution < -0.4 is 4.74 Å². The molecule has 1 amide bonds. The Kier molecular flexibility index (Phi) is 5.81. The highest BCUT2D eigenvalue weighted by molar-refractivity contribution is 6.46. The van der Waals surface area contributed by atoms with Gasteiger partial charge in [-0.3, -0.25) is 14.6 Å². The van der Waals surface area contributed by atoms with Gasteiger partial charge in [0.25, 0.3) is 11.7 Å². The molecule has 32 heavy (non-hydrogen) atoms. The number of benzene rings is 1. The number of ketones is 1. The van der Waals surface area contributed by atoms with E-state index in [1.54, 1.807) is 55.7 Å². The van der Waals surface area contributed by atoms with E-state index in [0.717, 1.165) is 11.1 Å². The molecule has 0 spiro atoms. The van der Waals surface area contributed by atoms with E-state index in [4.69, 9.17) is 9.15 Å². The molecule has 0 saturated carbocycles. The maximum Gasteiger partial charge on any atom is 0.296 e. The molecule has 164 valence electrons. The summed E-state index contributed by atoms with van der Waals surface area (Å²) in [5.74, 6) is 0.0503. The highest BCUT2D eigenvalue weighted by Gasteiger charge is 2.47. The number of aromatic nitrogens is 1. The van der Waals surface area contributed by atoms with Crippen molar-refractivity contribution in [1.82, 2.24) is 9.88 Å². The van der Waals surface area contributed by atoms with Gasteiger partial charge in [0.15, 0.2) is 0 Å². The second-order valence-electron chi connectivity index (χ2n) is 7.65. The Morgan fingerprint density at radius 1 is 1.19 bits per heavy atom. The fourth-order valence-electron chi connectivity index (χ4n) is 3.90. The van der Waals surface area contributed by atoms with E-state index in [1.807, 2.05) is 19.9 Å². The molecule has 3 heterocycles. The molecule has 7 heteroatoms. The Bertz CT molecular complexity index is 1200. The maximum atomic E-state index is 13.1. The maximum absolute atomic E-state index is 13.1. The average molecular weight is 432 g/mol. The number of carbonyl (C=O) groups excluding carboxylic acids is 2. The lowest BCUT2D eigenvalue weighted by molar-refractivity contribution is -0.140. The summed E-state index contributed by atoms with van der Waals surface area (Å²) in [5.41, 5.74) is 2.00. The molecule has 3 aromatic rings. The molecular weight excluding hydrogens is 408 g/mol. The highest BCUT2D eigenvalue weighted by atomic mass is 16.5. The molecular formula is C25H24N2O5. The first-order valence-corrected chi connectivity index (χ1v) is 10.4. The van der Waals surface area contributed by atoms with E-state index in [9.17, 15) is 14.7 Å². The zero-order valence-corrected chi connectivity index (χ0v) is 18.2. The first-order valence-electron chi connectivity index (χ1n) is 10.4. The van der Waals surface area contributed by atoms with Crippen LogP contribution in [-0.2, 0) is 16.1 Å². The number of rotatable bonds is 6. The lowest BCUT2D eigenvalue weighted by Gasteiger charge is -2.23. The third-order valence-electron chi connectivity index (χ3n) is 5.39. The second-order valence-corrected chi connectivity index (χ2v) is 7.65. The Morgan fingerprint density at radius 3 is 2.62 bits per heavy atom. The summed E-state index contributed by atoms with van der Waals surface area (Å²) in [6, 6.07) is 11.4. The molecule has 4 rings (SSSR count). The Hall–Kier alpha value is -3.87. The predicted octanol–water partition coefficient (Wildman–Crippen LogP) is 4.31. The molecule has 1 N–H and O–H groups in total. The van der Waals surface area contributed by atoms with E-state index in [-0.39, 0.29) is 17.9 Å². The number of ether oxygens (including phenoxy) is 1. The SMILES string of the molecule is CCOc1ccc(/C(O)=C2/C(=O)C(=O)N(Cc3cccnc3)C2c2ccc(C)o2)cc1C. The van der Waals surface area contributed by atoms with Gasteiger partial charge >= 0.3 is 0 Å². The van der Waals surface area contributed by atoms with Crippen LogP contribution >= 0.6 is 0 Å². The lowest BCUT2D eigenvalue weighted by atomic mass is 9.98. The van der Waals surface area contributed by atoms with Crippen LogP contribution in [0.3, 0.4) is 0 Å². The largest absolute Gasteiger partial charge is 0.507 e. The van der Waals surface area contributed by atoms with Gasteiger partial charge in [-0.05, 0) is 68.3 Å². The first-order chi connectivity index (χ1) is 15.4. The van der Waals surface area contributed by atoms with Crippen molar-refractivity contribution in [3.63, 3.8) is 0 Å². The van der Waals surface area contributed by atoms with Gasteiger partial charge < -0.3 is 19.2 Å². The van der Waals surface area contributed by atoms with Crippen molar-refractivity contribution >= 4 is 17.4 Å². The van der Waals surface area contributed by atoms with Crippen LogP contribution in [0.1, 0.15) is 41.2 Å². The molecule has 0 radical (unpaired) electrons. The molecule has 1 aliphatic heterocycles. The van der Waals surface area contributed by atoms with Gasteiger partial charge in [-0.2, -0.15) is 0 Å². The number of likely N-dealkylation sites (tertiary alicyclic amines) is 1. The van der Waals surface area contributed by atoms with Crippen LogP contribution in [-0.4, -0.2) is 33.3 Å². The molecule has 1 aliphatic rings. The Balaban J connectivity index is 1.82. The molecule has 1 aromatic carbocycles. The zero-order valence-electron chi connectivity index (χ0n) is 18.2. The van der Waals surface area contributed by atoms with Gasteiger partial charge in [0.05, 0.1) is 12.2 Å². The lowest BCUT2D eigenvalue weighted by Crippen LogP contribution is -2.29. The van der Waals surface area contributed by atoms with E-state index < -0.39 is 17.7 Å². The normalized spacial score (nSPS) is 17.7. The van der Waals surface area contributed by atoms with Crippen LogP contribution in [0, 0.1) is 13.8 Å². The van der Waals surface area contributed by atoms with Gasteiger partial charge in [-0.15, -0.1) is 0 Å². The number of Topliss-reactive ketones (excluding diaryl/α,β-unsaturated/α-hetero) is 1. The standard InChI is InChI=1S/C25H24N2O5/c1-4-31-19-10-8-18(12-15(19)2)23(28)21-22(20-9-7-16(3)32-20)27(25(30)24(21)29)14-17-6-5-11-26-13-17/h5-13,22,28H,4,14H2,1-3H3/b23-21-. The summed E-state index contributed by atoms with van der Waals surface area (Å²) in [6.45, 7) is 6.20. The van der Waals surface area contributed by atoms with Gasteiger partial charge in [0.1, 0.15) is 29.1 Å². The predicted molar refractivity (Wildman–Crippen MR) is 118 cm³/mol. The second kappa shape index (κ2) is 8.70. The third-order valence-corrected chi connectivity index (χ3v) is 5.39. The summed E-state index contributed by atoms with van der Waals surface area (Å²) in [6.07, 6.45) is 3.28. The molecule has 1 unspecified atom stereocenters. The van der Waals surface area contributed by atoms with Crippen molar-refractivity contribution < 1.29 is 23.8 Å². The zero-order chi connectivity index (χ0) is 22.8. The summed E-state index contributed by atoms with van der Waals surface area (Å²) in [7, 11) is 0. The molecule has 0 bridgehead atoms. The van der Waals surface area contributed by atoms with E-state index in [2.05, 4.69) is 4.98 Å². The first kappa shape index (κ1) is 21.4. The fraction of sp³-hybridized carbons (Fsp3) is 0.240. The van der Waals surface area contributed by atoms with Crippen molar-refractivity contribution in [2.45, 2.75) is 33.4 Å². The minimum Gasteiger partial charge on any atom is -0.507 e. The fourth-order valence-corrected chi connectivity index (χ4v) is 3.90. The van der Waals surface area contributed by atoms with Crippen LogP contribution in [0.2, 0.25) is 0 Å². The van der Waals surface area contributed by atoms with Crippen molar-refractivity contribution in [1.29, 1.82) is 0 Å². The van der Waals surface area contributed by atoms with Gasteiger partial charge in [0.2, 0.25) is 0 Å². The number of carbonyl (C=O) groups is 2. The van der Waals surface area contributed by atoms with Gasteiger partial charge in [0, 0.05) is 24.5 Å². The van der Waals surface area contributed by atoms with E-state index >= 15 is 0 Å². The van der Waals surface area contributed by atoms with Crippen molar-refractivity contribution in [3.05, 3.63) is 88.6 Å². The minimum absolute atomic E-state index is 0.00296. The number of amides is 1. The summed E-state index contributed by atoms with van der Waals surface area (Å²) < 4.78 is 11.4. The van der Waals surface area contributed by atoms with Crippen LogP contribution in [0.5, 0.6) is 5.75 Å². The van der Waals surface area contributed by atoms with Gasteiger partial charge in [-0.25, -0.2) is 0 Å². The molecule has 1 saturated heterocycles. The van der Waals surface area contributed by atoms with E-state index in [0.29, 0.717) is 29.4 Å². The number of pyridine rings is 1. The number of nitrogens with zero attached hydrogens (tertiary/aromatic N) is 2. The number of furan rings is 1. The summed E-state index contributed by atoms with van der Waals surface area (Å²) >= 11 is 0. The number of aliphatic hydroxyl groups is 1. The van der Waals surface area contributed by atoms with E-state index in [1.165, 1.54) is 4.90 Å².